The van der Waals surface area contributed by atoms with Crippen LogP contribution in [0.25, 0.3) is 0 Å². The first-order chi connectivity index (χ1) is 7.56. The van der Waals surface area contributed by atoms with E-state index in [0.29, 0.717) is 18.5 Å². The maximum Gasteiger partial charge on any atom is 0.253 e. The highest BCUT2D eigenvalue weighted by atomic mass is 16.2. The van der Waals surface area contributed by atoms with Gasteiger partial charge in [-0.05, 0) is 37.1 Å². The van der Waals surface area contributed by atoms with Crippen molar-refractivity contribution in [1.29, 1.82) is 5.26 Å². The molecule has 3 nitrogen and oxygen atoms in total. The zero-order valence-electron chi connectivity index (χ0n) is 9.95. The minimum absolute atomic E-state index is 0.0293. The van der Waals surface area contributed by atoms with Gasteiger partial charge in [-0.3, -0.25) is 4.79 Å². The van der Waals surface area contributed by atoms with Crippen molar-refractivity contribution >= 4 is 5.91 Å². The largest absolute Gasteiger partial charge is 0.341 e. The fourth-order valence-corrected chi connectivity index (χ4v) is 1.41. The average Bonchev–Trinajstić information content (AvgIpc) is 2.28. The van der Waals surface area contributed by atoms with Gasteiger partial charge in [0, 0.05) is 19.2 Å². The summed E-state index contributed by atoms with van der Waals surface area (Å²) >= 11 is 0. The molecule has 0 fully saturated rings. The first-order valence-corrected chi connectivity index (χ1v) is 5.26. The number of hydrogen-bond donors (Lipinski definition) is 0. The predicted molar refractivity (Wildman–Crippen MR) is 63.1 cm³/mol. The number of amides is 1. The van der Waals surface area contributed by atoms with Crippen LogP contribution in [0.1, 0.15) is 27.9 Å². The molecule has 0 aliphatic rings. The molecule has 0 atom stereocenters. The van der Waals surface area contributed by atoms with Gasteiger partial charge in [-0.1, -0.05) is 6.07 Å². The SMILES string of the molecule is Cc1ccc(C(=O)N(C)CCC#N)cc1C. The molecule has 0 unspecified atom stereocenters. The summed E-state index contributed by atoms with van der Waals surface area (Å²) in [5.74, 6) is -0.0293. The van der Waals surface area contributed by atoms with E-state index in [1.807, 2.05) is 38.1 Å². The van der Waals surface area contributed by atoms with Crippen molar-refractivity contribution in [3.8, 4) is 6.07 Å². The molecule has 84 valence electrons. The summed E-state index contributed by atoms with van der Waals surface area (Å²) in [5.41, 5.74) is 2.97. The summed E-state index contributed by atoms with van der Waals surface area (Å²) in [6, 6.07) is 7.69. The Morgan fingerprint density at radius 2 is 2.06 bits per heavy atom. The third kappa shape index (κ3) is 2.83. The van der Waals surface area contributed by atoms with Crippen LogP contribution in [-0.2, 0) is 0 Å². The molecule has 3 heteroatoms. The highest BCUT2D eigenvalue weighted by Crippen LogP contribution is 2.11. The molecule has 16 heavy (non-hydrogen) atoms. The monoisotopic (exact) mass is 216 g/mol. The van der Waals surface area contributed by atoms with Crippen molar-refractivity contribution in [3.05, 3.63) is 34.9 Å². The van der Waals surface area contributed by atoms with Gasteiger partial charge in [0.25, 0.3) is 5.91 Å². The second-order valence-corrected chi connectivity index (χ2v) is 3.93. The molecular formula is C13H16N2O. The Morgan fingerprint density at radius 3 is 2.62 bits per heavy atom. The smallest absolute Gasteiger partial charge is 0.253 e. The molecule has 1 aromatic carbocycles. The van der Waals surface area contributed by atoms with Crippen molar-refractivity contribution < 1.29 is 4.79 Å². The third-order valence-electron chi connectivity index (χ3n) is 2.66. The summed E-state index contributed by atoms with van der Waals surface area (Å²) < 4.78 is 0. The Kier molecular flexibility index (Phi) is 4.07. The fourth-order valence-electron chi connectivity index (χ4n) is 1.41. The van der Waals surface area contributed by atoms with Gasteiger partial charge in [0.05, 0.1) is 12.5 Å². The van der Waals surface area contributed by atoms with E-state index in [1.165, 1.54) is 5.56 Å². The Labute approximate surface area is 96.3 Å². The van der Waals surface area contributed by atoms with Crippen LogP contribution in [0.5, 0.6) is 0 Å². The molecule has 0 aliphatic carbocycles. The number of carbonyl (C=O) groups excluding carboxylic acids is 1. The van der Waals surface area contributed by atoms with Crippen molar-refractivity contribution in [1.82, 2.24) is 4.90 Å². The van der Waals surface area contributed by atoms with E-state index in [0.717, 1.165) is 5.56 Å². The Morgan fingerprint density at radius 1 is 1.38 bits per heavy atom. The first kappa shape index (κ1) is 12.3. The molecule has 0 spiro atoms. The van der Waals surface area contributed by atoms with Gasteiger partial charge in [-0.25, -0.2) is 0 Å². The molecule has 1 aromatic rings. The Hall–Kier alpha value is -1.82. The molecule has 0 aromatic heterocycles. The molecule has 0 N–H and O–H groups in total. The van der Waals surface area contributed by atoms with Crippen LogP contribution < -0.4 is 0 Å². The molecule has 0 bridgehead atoms. The number of carbonyl (C=O) groups is 1. The van der Waals surface area contributed by atoms with Gasteiger partial charge in [-0.2, -0.15) is 5.26 Å². The van der Waals surface area contributed by atoms with Crippen LogP contribution in [0.2, 0.25) is 0 Å². The number of benzene rings is 1. The Bertz CT molecular complexity index is 432. The number of aryl methyl sites for hydroxylation is 2. The quantitative estimate of drug-likeness (QED) is 0.778. The number of nitrogens with zero attached hydrogens (tertiary/aromatic N) is 2. The van der Waals surface area contributed by atoms with E-state index in [4.69, 9.17) is 5.26 Å². The first-order valence-electron chi connectivity index (χ1n) is 5.26. The lowest BCUT2D eigenvalue weighted by Gasteiger charge is -2.16. The van der Waals surface area contributed by atoms with E-state index < -0.39 is 0 Å². The lowest BCUT2D eigenvalue weighted by atomic mass is 10.1. The minimum Gasteiger partial charge on any atom is -0.341 e. The molecule has 0 saturated carbocycles. The Balaban J connectivity index is 2.80. The second kappa shape index (κ2) is 5.32. The average molecular weight is 216 g/mol. The molecule has 0 aliphatic heterocycles. The lowest BCUT2D eigenvalue weighted by molar-refractivity contribution is 0.0798. The van der Waals surface area contributed by atoms with Crippen LogP contribution in [0.3, 0.4) is 0 Å². The molecule has 0 heterocycles. The maximum absolute atomic E-state index is 11.9. The highest BCUT2D eigenvalue weighted by Gasteiger charge is 2.11. The van der Waals surface area contributed by atoms with Gasteiger partial charge >= 0.3 is 0 Å². The van der Waals surface area contributed by atoms with Crippen molar-refractivity contribution in [2.75, 3.05) is 13.6 Å². The van der Waals surface area contributed by atoms with Crippen LogP contribution in [0, 0.1) is 25.2 Å². The molecule has 0 saturated heterocycles. The highest BCUT2D eigenvalue weighted by molar-refractivity contribution is 5.94. The normalized spacial score (nSPS) is 9.62. The number of nitriles is 1. The standard InChI is InChI=1S/C13H16N2O/c1-10-5-6-12(9-11(10)2)13(16)15(3)8-4-7-14/h5-6,9H,4,8H2,1-3H3. The van der Waals surface area contributed by atoms with Crippen molar-refractivity contribution in [2.24, 2.45) is 0 Å². The molecule has 1 rings (SSSR count). The summed E-state index contributed by atoms with van der Waals surface area (Å²) in [7, 11) is 1.72. The van der Waals surface area contributed by atoms with E-state index in [2.05, 4.69) is 0 Å². The topological polar surface area (TPSA) is 44.1 Å². The van der Waals surface area contributed by atoms with E-state index >= 15 is 0 Å². The summed E-state index contributed by atoms with van der Waals surface area (Å²) in [5, 5.41) is 8.46. The fraction of sp³-hybridized carbons (Fsp3) is 0.385. The van der Waals surface area contributed by atoms with Gasteiger partial charge < -0.3 is 4.90 Å². The van der Waals surface area contributed by atoms with Gasteiger partial charge in [0.1, 0.15) is 0 Å². The van der Waals surface area contributed by atoms with Crippen molar-refractivity contribution in [3.63, 3.8) is 0 Å². The number of rotatable bonds is 3. The maximum atomic E-state index is 11.9. The third-order valence-corrected chi connectivity index (χ3v) is 2.66. The second-order valence-electron chi connectivity index (χ2n) is 3.93. The molecular weight excluding hydrogens is 200 g/mol. The van der Waals surface area contributed by atoms with Crippen LogP contribution in [0.4, 0.5) is 0 Å². The van der Waals surface area contributed by atoms with Crippen LogP contribution >= 0.6 is 0 Å². The summed E-state index contributed by atoms with van der Waals surface area (Å²) in [4.78, 5) is 13.5. The molecule has 0 radical (unpaired) electrons. The van der Waals surface area contributed by atoms with Crippen molar-refractivity contribution in [2.45, 2.75) is 20.3 Å². The minimum atomic E-state index is -0.0293. The zero-order chi connectivity index (χ0) is 12.1. The number of hydrogen-bond acceptors (Lipinski definition) is 2. The van der Waals surface area contributed by atoms with E-state index in [1.54, 1.807) is 11.9 Å². The summed E-state index contributed by atoms with van der Waals surface area (Å²) in [6.07, 6.45) is 0.368. The predicted octanol–water partition coefficient (Wildman–Crippen LogP) is 2.29. The van der Waals surface area contributed by atoms with Crippen LogP contribution in [-0.4, -0.2) is 24.4 Å². The molecule has 1 amide bonds. The van der Waals surface area contributed by atoms with Gasteiger partial charge in [0.15, 0.2) is 0 Å². The van der Waals surface area contributed by atoms with Crippen LogP contribution in [0.15, 0.2) is 18.2 Å². The van der Waals surface area contributed by atoms with E-state index in [9.17, 15) is 4.79 Å². The van der Waals surface area contributed by atoms with Gasteiger partial charge in [0.2, 0.25) is 0 Å². The lowest BCUT2D eigenvalue weighted by Crippen LogP contribution is -2.27. The van der Waals surface area contributed by atoms with E-state index in [-0.39, 0.29) is 5.91 Å². The summed E-state index contributed by atoms with van der Waals surface area (Å²) in [6.45, 7) is 4.48. The van der Waals surface area contributed by atoms with Gasteiger partial charge in [-0.15, -0.1) is 0 Å². The zero-order valence-corrected chi connectivity index (χ0v) is 9.95.